The number of likely N-dealkylation sites (tertiary alicyclic amines) is 1. The van der Waals surface area contributed by atoms with Gasteiger partial charge in [-0.3, -0.25) is 14.5 Å². The van der Waals surface area contributed by atoms with E-state index in [1.165, 1.54) is 49.8 Å². The lowest BCUT2D eigenvalue weighted by molar-refractivity contribution is -0.130. The van der Waals surface area contributed by atoms with Crippen molar-refractivity contribution in [1.29, 1.82) is 0 Å². The second-order valence-corrected chi connectivity index (χ2v) is 18.1. The molecule has 5 aliphatic rings. The lowest BCUT2D eigenvalue weighted by atomic mass is 9.44. The Morgan fingerprint density at radius 2 is 1.68 bits per heavy atom. The Morgan fingerprint density at radius 1 is 0.979 bits per heavy atom. The van der Waals surface area contributed by atoms with Gasteiger partial charge < -0.3 is 25.4 Å². The molecule has 9 heteroatoms. The smallest absolute Gasteiger partial charge is 0.411 e. The maximum absolute atomic E-state index is 13.3. The summed E-state index contributed by atoms with van der Waals surface area (Å²) in [6.45, 7) is 14.4. The average Bonchev–Trinajstić information content (AvgIpc) is 3.56. The molecule has 3 N–H and O–H groups in total. The molecule has 47 heavy (non-hydrogen) atoms. The molecule has 11 atom stereocenters. The highest BCUT2D eigenvalue weighted by molar-refractivity contribution is 5.87. The zero-order chi connectivity index (χ0) is 34.3. The summed E-state index contributed by atoms with van der Waals surface area (Å²) in [4.78, 5) is 43.0. The van der Waals surface area contributed by atoms with Crippen LogP contribution in [0.4, 0.5) is 4.79 Å². The average molecular weight is 659 g/mol. The predicted octanol–water partition coefficient (Wildman–Crippen LogP) is 5.59. The fourth-order valence-corrected chi connectivity index (χ4v) is 11.3. The zero-order valence-corrected chi connectivity index (χ0v) is 30.8. The first-order valence-corrected chi connectivity index (χ1v) is 18.9. The summed E-state index contributed by atoms with van der Waals surface area (Å²) in [5.41, 5.74) is 0.0733. The number of fused-ring (bicyclic) bond motifs is 5. The van der Waals surface area contributed by atoms with E-state index in [2.05, 4.69) is 31.4 Å². The molecular formula is C38H66N4O5. The lowest BCUT2D eigenvalue weighted by Gasteiger charge is -2.61. The number of hydrogen-bond donors (Lipinski definition) is 3. The summed E-state index contributed by atoms with van der Waals surface area (Å²) in [7, 11) is 3.90. The van der Waals surface area contributed by atoms with E-state index in [0.29, 0.717) is 54.5 Å². The van der Waals surface area contributed by atoms with Crippen molar-refractivity contribution in [2.75, 3.05) is 33.7 Å². The third-order valence-corrected chi connectivity index (χ3v) is 13.7. The van der Waals surface area contributed by atoms with E-state index in [-0.39, 0.29) is 30.5 Å². The number of carbonyl (C=O) groups is 3. The number of ether oxygens (including phenoxy) is 1. The largest absolute Gasteiger partial charge is 0.444 e. The molecule has 5 unspecified atom stereocenters. The zero-order valence-electron chi connectivity index (χ0n) is 30.8. The molecule has 5 rings (SSSR count). The number of hydrogen-bond acceptors (Lipinski definition) is 6. The van der Waals surface area contributed by atoms with Crippen LogP contribution < -0.4 is 10.6 Å². The van der Waals surface area contributed by atoms with Gasteiger partial charge in [0.25, 0.3) is 0 Å². The van der Waals surface area contributed by atoms with Gasteiger partial charge in [0.1, 0.15) is 11.6 Å². The third-order valence-electron chi connectivity index (χ3n) is 13.7. The van der Waals surface area contributed by atoms with Gasteiger partial charge >= 0.3 is 6.09 Å². The third kappa shape index (κ3) is 7.81. The molecule has 3 amide bonds. The molecule has 0 aromatic rings. The van der Waals surface area contributed by atoms with Crippen molar-refractivity contribution >= 4 is 17.9 Å². The summed E-state index contributed by atoms with van der Waals surface area (Å²) < 4.78 is 5.63. The van der Waals surface area contributed by atoms with Crippen molar-refractivity contribution in [2.24, 2.45) is 46.3 Å². The minimum atomic E-state index is -0.674. The van der Waals surface area contributed by atoms with Crippen LogP contribution in [0.1, 0.15) is 119 Å². The van der Waals surface area contributed by atoms with E-state index in [9.17, 15) is 19.5 Å². The second-order valence-electron chi connectivity index (χ2n) is 18.1. The first kappa shape index (κ1) is 36.4. The van der Waals surface area contributed by atoms with Gasteiger partial charge in [-0.25, -0.2) is 4.79 Å². The molecule has 4 saturated carbocycles. The van der Waals surface area contributed by atoms with E-state index >= 15 is 0 Å². The quantitative estimate of drug-likeness (QED) is 0.298. The van der Waals surface area contributed by atoms with Gasteiger partial charge in [-0.2, -0.15) is 0 Å². The number of nitrogens with one attached hydrogen (secondary N) is 2. The molecule has 0 radical (unpaired) electrons. The van der Waals surface area contributed by atoms with E-state index in [1.54, 1.807) is 0 Å². The number of nitrogens with zero attached hydrogens (tertiary/aromatic N) is 2. The molecule has 4 aliphatic carbocycles. The number of carbonyl (C=O) groups excluding carboxylic acids is 3. The van der Waals surface area contributed by atoms with Crippen LogP contribution in [0, 0.1) is 46.3 Å². The molecule has 0 aromatic carbocycles. The highest BCUT2D eigenvalue weighted by Gasteiger charge is 2.60. The van der Waals surface area contributed by atoms with Crippen molar-refractivity contribution < 1.29 is 24.2 Å². The normalized spacial score (nSPS) is 39.1. The van der Waals surface area contributed by atoms with Crippen LogP contribution in [-0.4, -0.2) is 90.3 Å². The summed E-state index contributed by atoms with van der Waals surface area (Å²) in [6, 6.07) is -0.950. The van der Waals surface area contributed by atoms with Crippen LogP contribution in [0.5, 0.6) is 0 Å². The Hall–Kier alpha value is -1.87. The molecular weight excluding hydrogens is 592 g/mol. The Morgan fingerprint density at radius 3 is 2.38 bits per heavy atom. The van der Waals surface area contributed by atoms with Crippen LogP contribution >= 0.6 is 0 Å². The summed E-state index contributed by atoms with van der Waals surface area (Å²) >= 11 is 0. The molecule has 0 bridgehead atoms. The number of likely N-dealkylation sites (N-methyl/N-ethyl adjacent to an activating group) is 1. The van der Waals surface area contributed by atoms with Crippen molar-refractivity contribution in [3.8, 4) is 0 Å². The molecule has 0 aromatic heterocycles. The van der Waals surface area contributed by atoms with Gasteiger partial charge in [0.2, 0.25) is 11.8 Å². The van der Waals surface area contributed by atoms with Gasteiger partial charge in [0.05, 0.1) is 6.10 Å². The maximum Gasteiger partial charge on any atom is 0.411 e. The molecule has 1 heterocycles. The summed E-state index contributed by atoms with van der Waals surface area (Å²) in [5.74, 6) is 4.01. The number of rotatable bonds is 9. The van der Waals surface area contributed by atoms with Crippen molar-refractivity contribution in [3.05, 3.63) is 0 Å². The van der Waals surface area contributed by atoms with E-state index in [0.717, 1.165) is 37.0 Å². The van der Waals surface area contributed by atoms with E-state index < -0.39 is 17.7 Å². The van der Waals surface area contributed by atoms with Crippen LogP contribution in [-0.2, 0) is 14.3 Å². The number of amides is 3. The molecule has 5 fully saturated rings. The minimum absolute atomic E-state index is 0.00814. The molecule has 1 aliphatic heterocycles. The fraction of sp³-hybridized carbons (Fsp3) is 0.921. The van der Waals surface area contributed by atoms with Gasteiger partial charge in [-0.1, -0.05) is 20.8 Å². The Balaban J connectivity index is 1.15. The van der Waals surface area contributed by atoms with Crippen LogP contribution in [0.25, 0.3) is 0 Å². The Kier molecular flexibility index (Phi) is 11.0. The van der Waals surface area contributed by atoms with Gasteiger partial charge in [0.15, 0.2) is 0 Å². The Labute approximate surface area is 284 Å². The van der Waals surface area contributed by atoms with Crippen LogP contribution in [0.2, 0.25) is 0 Å². The van der Waals surface area contributed by atoms with E-state index in [1.807, 2.05) is 39.8 Å². The monoisotopic (exact) mass is 659 g/mol. The molecule has 268 valence electrons. The first-order valence-electron chi connectivity index (χ1n) is 18.9. The molecule has 0 spiro atoms. The minimum Gasteiger partial charge on any atom is -0.444 e. The highest BCUT2D eigenvalue weighted by atomic mass is 16.6. The fourth-order valence-electron chi connectivity index (χ4n) is 11.3. The maximum atomic E-state index is 13.3. The van der Waals surface area contributed by atoms with Gasteiger partial charge in [-0.15, -0.1) is 0 Å². The summed E-state index contributed by atoms with van der Waals surface area (Å²) in [5, 5.41) is 16.5. The topological polar surface area (TPSA) is 111 Å². The first-order chi connectivity index (χ1) is 22.0. The second kappa shape index (κ2) is 14.2. The van der Waals surface area contributed by atoms with Gasteiger partial charge in [-0.05, 0) is 152 Å². The van der Waals surface area contributed by atoms with E-state index in [4.69, 9.17) is 4.74 Å². The molecule has 1 saturated heterocycles. The summed E-state index contributed by atoms with van der Waals surface area (Å²) in [6.07, 6.45) is 12.1. The van der Waals surface area contributed by atoms with Crippen LogP contribution in [0.3, 0.4) is 0 Å². The lowest BCUT2D eigenvalue weighted by Crippen LogP contribution is -2.54. The SMILES string of the molecule is C[C@H](CCC(=O)NC1C[C@@H](C(=O)NCCN(C)C)N(C(=O)OC(C)(C)C)C1)[C@H]1CCC2C3CCC4C[C@H](O)CC[C@]4(C)C3CC[C@@]21C. The molecule has 9 nitrogen and oxygen atoms in total. The number of aliphatic hydroxyl groups is 1. The standard InChI is InChI=1S/C38H66N4O5/c1-24(29-12-13-30-28-11-10-25-21-27(43)15-17-37(25,5)31(28)16-18-38(29,30)6)9-14-33(44)40-26-22-32(34(45)39-19-20-41(7)8)42(23-26)35(46)47-36(2,3)4/h24-32,43H,9-23H2,1-8H3,(H,39,45)(H,40,44)/t24-,25?,26?,27-,28?,29-,30?,31?,32+,37+,38-/m1/s1. The predicted molar refractivity (Wildman–Crippen MR) is 184 cm³/mol. The highest BCUT2D eigenvalue weighted by Crippen LogP contribution is 2.68. The van der Waals surface area contributed by atoms with Gasteiger partial charge in [0, 0.05) is 32.1 Å². The number of aliphatic hydroxyl groups excluding tert-OH is 1. The van der Waals surface area contributed by atoms with Crippen LogP contribution in [0.15, 0.2) is 0 Å². The van der Waals surface area contributed by atoms with Crippen molar-refractivity contribution in [3.63, 3.8) is 0 Å². The Bertz CT molecular complexity index is 1140. The van der Waals surface area contributed by atoms with Crippen molar-refractivity contribution in [2.45, 2.75) is 142 Å². The van der Waals surface area contributed by atoms with Crippen molar-refractivity contribution in [1.82, 2.24) is 20.4 Å².